The molecule has 3 N–H and O–H groups in total. The zero-order chi connectivity index (χ0) is 43.8. The van der Waals surface area contributed by atoms with Crippen LogP contribution in [0, 0.1) is 0 Å². The molecule has 3 atom stereocenters. The van der Waals surface area contributed by atoms with Crippen molar-refractivity contribution < 1.29 is 24.5 Å². The summed E-state index contributed by atoms with van der Waals surface area (Å²) in [6.07, 6.45) is 57.4. The van der Waals surface area contributed by atoms with E-state index in [4.69, 9.17) is 4.74 Å². The quantitative estimate of drug-likeness (QED) is 0.0322. The van der Waals surface area contributed by atoms with E-state index in [0.717, 1.165) is 103 Å². The molecule has 1 amide bonds. The van der Waals surface area contributed by atoms with Crippen LogP contribution in [-0.2, 0) is 14.3 Å². The van der Waals surface area contributed by atoms with Crippen molar-refractivity contribution in [3.8, 4) is 0 Å². The largest absolute Gasteiger partial charge is 0.462 e. The summed E-state index contributed by atoms with van der Waals surface area (Å²) >= 11 is 0. The lowest BCUT2D eigenvalue weighted by molar-refractivity contribution is -0.151. The molecule has 0 spiro atoms. The van der Waals surface area contributed by atoms with Crippen molar-refractivity contribution in [3.63, 3.8) is 0 Å². The van der Waals surface area contributed by atoms with Gasteiger partial charge in [0.15, 0.2) is 0 Å². The van der Waals surface area contributed by atoms with Gasteiger partial charge in [-0.1, -0.05) is 211 Å². The van der Waals surface area contributed by atoms with E-state index in [1.165, 1.54) is 109 Å². The van der Waals surface area contributed by atoms with Gasteiger partial charge in [-0.25, -0.2) is 0 Å². The molecular weight excluding hydrogens is 743 g/mol. The Labute approximate surface area is 372 Å². The zero-order valence-corrected chi connectivity index (χ0v) is 39.8. The summed E-state index contributed by atoms with van der Waals surface area (Å²) in [6.45, 7) is 6.36. The third-order valence-corrected chi connectivity index (χ3v) is 11.6. The van der Waals surface area contributed by atoms with Gasteiger partial charge in [-0.05, 0) is 83.5 Å². The molecule has 0 aliphatic heterocycles. The Morgan fingerprint density at radius 3 is 1.38 bits per heavy atom. The molecule has 350 valence electrons. The number of esters is 1. The van der Waals surface area contributed by atoms with E-state index < -0.39 is 18.2 Å². The number of carbonyl (C=O) groups is 2. The number of hydrogen-bond donors (Lipinski definition) is 3. The molecule has 3 unspecified atom stereocenters. The van der Waals surface area contributed by atoms with Gasteiger partial charge in [-0.15, -0.1) is 0 Å². The summed E-state index contributed by atoms with van der Waals surface area (Å²) in [5.74, 6) is -0.510. The number of amides is 1. The first-order valence-corrected chi connectivity index (χ1v) is 25.9. The summed E-state index contributed by atoms with van der Waals surface area (Å²) in [5.41, 5.74) is 0. The number of allylic oxidation sites excluding steroid dienone is 8. The maximum atomic E-state index is 13.2. The third kappa shape index (κ3) is 42.5. The van der Waals surface area contributed by atoms with Crippen molar-refractivity contribution in [1.29, 1.82) is 0 Å². The number of carbonyl (C=O) groups excluding carboxylic acids is 2. The van der Waals surface area contributed by atoms with E-state index in [0.29, 0.717) is 19.3 Å². The van der Waals surface area contributed by atoms with Crippen LogP contribution in [0.3, 0.4) is 0 Å². The van der Waals surface area contributed by atoms with Crippen LogP contribution in [0.5, 0.6) is 0 Å². The van der Waals surface area contributed by atoms with Gasteiger partial charge >= 0.3 is 5.97 Å². The van der Waals surface area contributed by atoms with Crippen LogP contribution in [0.2, 0.25) is 0 Å². The second kappa shape index (κ2) is 47.9. The van der Waals surface area contributed by atoms with E-state index in [1.54, 1.807) is 0 Å². The summed E-state index contributed by atoms with van der Waals surface area (Å²) in [6, 6.07) is -0.711. The van der Waals surface area contributed by atoms with Crippen LogP contribution in [-0.4, -0.2) is 46.9 Å². The predicted octanol–water partition coefficient (Wildman–Crippen LogP) is 15.5. The van der Waals surface area contributed by atoms with Crippen LogP contribution in [0.4, 0.5) is 0 Å². The molecule has 0 aromatic rings. The van der Waals surface area contributed by atoms with Gasteiger partial charge in [-0.2, -0.15) is 0 Å². The summed E-state index contributed by atoms with van der Waals surface area (Å²) in [7, 11) is 0. The molecule has 0 aromatic carbocycles. The molecule has 0 aliphatic rings. The highest BCUT2D eigenvalue weighted by Crippen LogP contribution is 2.17. The molecule has 60 heavy (non-hydrogen) atoms. The Morgan fingerprint density at radius 1 is 0.500 bits per heavy atom. The van der Waals surface area contributed by atoms with E-state index in [9.17, 15) is 19.8 Å². The molecule has 6 nitrogen and oxygen atoms in total. The van der Waals surface area contributed by atoms with Gasteiger partial charge in [0, 0.05) is 6.42 Å². The second-order valence-corrected chi connectivity index (χ2v) is 17.5. The normalized spacial score (nSPS) is 13.6. The fourth-order valence-electron chi connectivity index (χ4n) is 7.73. The molecule has 0 saturated carbocycles. The number of ether oxygens (including phenoxy) is 1. The number of nitrogens with one attached hydrogen (secondary N) is 1. The van der Waals surface area contributed by atoms with E-state index >= 15 is 0 Å². The lowest BCUT2D eigenvalue weighted by Gasteiger charge is -2.24. The number of aliphatic hydroxyl groups is 2. The van der Waals surface area contributed by atoms with E-state index in [-0.39, 0.29) is 24.9 Å². The molecule has 0 aromatic heterocycles. The highest BCUT2D eigenvalue weighted by atomic mass is 16.5. The van der Waals surface area contributed by atoms with Gasteiger partial charge in [0.1, 0.15) is 6.10 Å². The van der Waals surface area contributed by atoms with Gasteiger partial charge in [-0.3, -0.25) is 9.59 Å². The summed E-state index contributed by atoms with van der Waals surface area (Å²) in [4.78, 5) is 26.1. The highest BCUT2D eigenvalue weighted by Gasteiger charge is 2.24. The molecule has 0 rings (SSSR count). The second-order valence-electron chi connectivity index (χ2n) is 17.5. The Kier molecular flexibility index (Phi) is 46.1. The van der Waals surface area contributed by atoms with Crippen LogP contribution in [0.15, 0.2) is 48.6 Å². The fraction of sp³-hybridized carbons (Fsp3) is 0.815. The standard InChI is InChI=1S/C54H99NO5/c1-4-7-10-13-16-19-22-25-28-30-33-36-39-42-45-50(60-54(59)47-44-41-38-35-32-27-24-21-18-15-12-9-6-3)48-53(58)55-51(49-56)52(57)46-43-40-37-34-31-29-26-23-20-17-14-11-8-5-2/h7,10,16,19,25,27-28,32,50-52,56-57H,4-6,8-9,11-15,17-18,20-24,26,29-31,33-49H2,1-3H3,(H,55,58)/b10-7+,19-16+,28-25+,32-27-. The topological polar surface area (TPSA) is 95.9 Å². The van der Waals surface area contributed by atoms with Crippen LogP contribution < -0.4 is 5.32 Å². The molecule has 0 fully saturated rings. The van der Waals surface area contributed by atoms with Crippen molar-refractivity contribution >= 4 is 11.9 Å². The smallest absolute Gasteiger partial charge is 0.306 e. The highest BCUT2D eigenvalue weighted by molar-refractivity contribution is 5.77. The van der Waals surface area contributed by atoms with Crippen molar-refractivity contribution in [2.75, 3.05) is 6.61 Å². The van der Waals surface area contributed by atoms with Gasteiger partial charge in [0.2, 0.25) is 5.91 Å². The van der Waals surface area contributed by atoms with Crippen molar-refractivity contribution in [2.45, 2.75) is 277 Å². The molecular formula is C54H99NO5. The first-order valence-electron chi connectivity index (χ1n) is 25.9. The number of aliphatic hydroxyl groups excluding tert-OH is 2. The first-order chi connectivity index (χ1) is 29.5. The van der Waals surface area contributed by atoms with Crippen molar-refractivity contribution in [2.24, 2.45) is 0 Å². The molecule has 0 saturated heterocycles. The number of hydrogen-bond acceptors (Lipinski definition) is 5. The molecule has 6 heteroatoms. The van der Waals surface area contributed by atoms with Gasteiger partial charge in [0.25, 0.3) is 0 Å². The minimum Gasteiger partial charge on any atom is -0.462 e. The zero-order valence-electron chi connectivity index (χ0n) is 39.8. The maximum Gasteiger partial charge on any atom is 0.306 e. The molecule has 0 radical (unpaired) electrons. The Hall–Kier alpha value is -2.18. The lowest BCUT2D eigenvalue weighted by atomic mass is 10.0. The van der Waals surface area contributed by atoms with Gasteiger partial charge < -0.3 is 20.3 Å². The first kappa shape index (κ1) is 57.8. The maximum absolute atomic E-state index is 13.2. The number of rotatable bonds is 46. The number of unbranched alkanes of at least 4 members (excludes halogenated alkanes) is 26. The van der Waals surface area contributed by atoms with Gasteiger partial charge in [0.05, 0.1) is 25.2 Å². The average molecular weight is 842 g/mol. The van der Waals surface area contributed by atoms with Crippen LogP contribution in [0.1, 0.15) is 258 Å². The fourth-order valence-corrected chi connectivity index (χ4v) is 7.73. The molecule has 0 bridgehead atoms. The minimum atomic E-state index is -0.796. The molecule has 0 aliphatic carbocycles. The predicted molar refractivity (Wildman–Crippen MR) is 259 cm³/mol. The summed E-state index contributed by atoms with van der Waals surface area (Å²) in [5, 5.41) is 23.8. The summed E-state index contributed by atoms with van der Waals surface area (Å²) < 4.78 is 5.91. The van der Waals surface area contributed by atoms with Crippen molar-refractivity contribution in [3.05, 3.63) is 48.6 Å². The third-order valence-electron chi connectivity index (χ3n) is 11.6. The monoisotopic (exact) mass is 842 g/mol. The SMILES string of the molecule is CC/C=C/C/C=C/C/C=C/CCCCCCC(CC(=O)NC(CO)C(O)CCCCCCCCCCCCCCCC)OC(=O)CCCCC/C=C\CCCCCCCC. The Morgan fingerprint density at radius 2 is 0.900 bits per heavy atom. The van der Waals surface area contributed by atoms with Crippen LogP contribution >= 0.6 is 0 Å². The Bertz CT molecular complexity index is 1040. The van der Waals surface area contributed by atoms with Crippen LogP contribution in [0.25, 0.3) is 0 Å². The van der Waals surface area contributed by atoms with Crippen molar-refractivity contribution in [1.82, 2.24) is 5.32 Å². The van der Waals surface area contributed by atoms with E-state index in [2.05, 4.69) is 74.7 Å². The molecule has 0 heterocycles. The lowest BCUT2D eigenvalue weighted by Crippen LogP contribution is -2.46. The Balaban J connectivity index is 4.62. The average Bonchev–Trinajstić information content (AvgIpc) is 3.24. The minimum absolute atomic E-state index is 0.0572. The van der Waals surface area contributed by atoms with E-state index in [1.807, 2.05) is 0 Å².